The van der Waals surface area contributed by atoms with Gasteiger partial charge in [-0.1, -0.05) is 55.3 Å². The van der Waals surface area contributed by atoms with Crippen molar-refractivity contribution in [2.75, 3.05) is 13.1 Å². The lowest BCUT2D eigenvalue weighted by Crippen LogP contribution is -2.50. The van der Waals surface area contributed by atoms with Crippen molar-refractivity contribution in [3.8, 4) is 0 Å². The lowest BCUT2D eigenvalue weighted by molar-refractivity contribution is -0.140. The summed E-state index contributed by atoms with van der Waals surface area (Å²) in [6.45, 7) is 2.02. The molecule has 2 aromatic rings. The molecular weight excluding hydrogens is 478 g/mol. The standard InChI is InChI=1S/C27H33N3O5S/c1-20(26(32)28-22-12-5-6-13-22)29(19-17-21-10-3-2-4-11-21)25(31)16-9-18-30-27(33)23-14-7-8-15-24(23)36(30,34)35/h2-4,7-8,10-11,14-15,20,22H,5-6,9,12-13,16-19H2,1H3,(H,28,32)/t20-/m0/s1. The Labute approximate surface area is 212 Å². The van der Waals surface area contributed by atoms with Gasteiger partial charge in [-0.25, -0.2) is 12.7 Å². The van der Waals surface area contributed by atoms with Gasteiger partial charge in [0, 0.05) is 25.6 Å². The van der Waals surface area contributed by atoms with E-state index in [2.05, 4.69) is 5.32 Å². The van der Waals surface area contributed by atoms with E-state index in [1.54, 1.807) is 24.0 Å². The van der Waals surface area contributed by atoms with Crippen LogP contribution in [0.2, 0.25) is 0 Å². The van der Waals surface area contributed by atoms with Crippen LogP contribution in [0.5, 0.6) is 0 Å². The summed E-state index contributed by atoms with van der Waals surface area (Å²) < 4.78 is 26.4. The minimum absolute atomic E-state index is 0.00280. The number of hydrogen-bond donors (Lipinski definition) is 1. The van der Waals surface area contributed by atoms with Crippen molar-refractivity contribution in [1.82, 2.24) is 14.5 Å². The van der Waals surface area contributed by atoms with E-state index >= 15 is 0 Å². The first kappa shape index (κ1) is 25.9. The molecule has 1 heterocycles. The molecule has 0 unspecified atom stereocenters. The zero-order chi connectivity index (χ0) is 25.7. The van der Waals surface area contributed by atoms with Gasteiger partial charge in [0.1, 0.15) is 10.9 Å². The van der Waals surface area contributed by atoms with Crippen molar-refractivity contribution in [3.05, 3.63) is 65.7 Å². The second-order valence-corrected chi connectivity index (χ2v) is 11.3. The lowest BCUT2D eigenvalue weighted by Gasteiger charge is -2.30. The van der Waals surface area contributed by atoms with Crippen molar-refractivity contribution >= 4 is 27.7 Å². The largest absolute Gasteiger partial charge is 0.352 e. The molecule has 1 aliphatic carbocycles. The Morgan fingerprint density at radius 3 is 2.42 bits per heavy atom. The summed E-state index contributed by atoms with van der Waals surface area (Å²) in [7, 11) is -3.91. The SMILES string of the molecule is C[C@@H](C(=O)NC1CCCC1)N(CCc1ccccc1)C(=O)CCCN1C(=O)c2ccccc2S1(=O)=O. The van der Waals surface area contributed by atoms with Crippen molar-refractivity contribution in [2.24, 2.45) is 0 Å². The van der Waals surface area contributed by atoms with Crippen LogP contribution in [-0.4, -0.2) is 60.5 Å². The van der Waals surface area contributed by atoms with Crippen molar-refractivity contribution < 1.29 is 22.8 Å². The van der Waals surface area contributed by atoms with Gasteiger partial charge in [0.15, 0.2) is 0 Å². The van der Waals surface area contributed by atoms with Gasteiger partial charge in [-0.15, -0.1) is 0 Å². The first-order valence-electron chi connectivity index (χ1n) is 12.6. The molecule has 1 fully saturated rings. The smallest absolute Gasteiger partial charge is 0.269 e. The number of nitrogens with zero attached hydrogens (tertiary/aromatic N) is 2. The van der Waals surface area contributed by atoms with Gasteiger partial charge in [0.25, 0.3) is 15.9 Å². The van der Waals surface area contributed by atoms with Crippen LogP contribution in [0, 0.1) is 0 Å². The summed E-state index contributed by atoms with van der Waals surface area (Å²) in [5, 5.41) is 3.07. The van der Waals surface area contributed by atoms with E-state index in [0.717, 1.165) is 35.6 Å². The number of benzene rings is 2. The molecule has 0 aromatic heterocycles. The Morgan fingerprint density at radius 2 is 1.72 bits per heavy atom. The molecule has 0 saturated heterocycles. The first-order chi connectivity index (χ1) is 17.3. The Bertz CT molecular complexity index is 1210. The van der Waals surface area contributed by atoms with Gasteiger partial charge in [-0.2, -0.15) is 0 Å². The number of carbonyl (C=O) groups is 3. The maximum Gasteiger partial charge on any atom is 0.269 e. The van der Waals surface area contributed by atoms with Gasteiger partial charge in [0.05, 0.1) is 5.56 Å². The van der Waals surface area contributed by atoms with Crippen molar-refractivity contribution in [1.29, 1.82) is 0 Å². The summed E-state index contributed by atoms with van der Waals surface area (Å²) in [5.41, 5.74) is 1.22. The molecule has 2 aliphatic rings. The molecule has 1 saturated carbocycles. The molecule has 192 valence electrons. The van der Waals surface area contributed by atoms with Crippen LogP contribution in [0.3, 0.4) is 0 Å². The van der Waals surface area contributed by atoms with Crippen LogP contribution in [0.25, 0.3) is 0 Å². The van der Waals surface area contributed by atoms with Gasteiger partial charge >= 0.3 is 0 Å². The third-order valence-electron chi connectivity index (χ3n) is 7.02. The van der Waals surface area contributed by atoms with Crippen LogP contribution in [0.4, 0.5) is 0 Å². The minimum Gasteiger partial charge on any atom is -0.352 e. The molecule has 9 heteroatoms. The first-order valence-corrected chi connectivity index (χ1v) is 14.0. The molecule has 0 radical (unpaired) electrons. The van der Waals surface area contributed by atoms with Crippen molar-refractivity contribution in [3.63, 3.8) is 0 Å². The maximum absolute atomic E-state index is 13.3. The predicted octanol–water partition coefficient (Wildman–Crippen LogP) is 3.13. The monoisotopic (exact) mass is 511 g/mol. The normalized spacial score (nSPS) is 17.6. The van der Waals surface area contributed by atoms with E-state index in [9.17, 15) is 22.8 Å². The van der Waals surface area contributed by atoms with E-state index in [1.165, 1.54) is 12.1 Å². The van der Waals surface area contributed by atoms with Crippen molar-refractivity contribution in [2.45, 2.75) is 68.8 Å². The van der Waals surface area contributed by atoms with Gasteiger partial charge < -0.3 is 10.2 Å². The Morgan fingerprint density at radius 1 is 1.06 bits per heavy atom. The van der Waals surface area contributed by atoms with E-state index in [1.807, 2.05) is 30.3 Å². The van der Waals surface area contributed by atoms with Gasteiger partial charge in [0.2, 0.25) is 11.8 Å². The molecule has 1 N–H and O–H groups in total. The Balaban J connectivity index is 1.40. The highest BCUT2D eigenvalue weighted by Gasteiger charge is 2.40. The highest BCUT2D eigenvalue weighted by atomic mass is 32.2. The zero-order valence-electron chi connectivity index (χ0n) is 20.6. The molecule has 1 atom stereocenters. The maximum atomic E-state index is 13.3. The second-order valence-electron chi connectivity index (χ2n) is 9.47. The molecule has 2 aromatic carbocycles. The summed E-state index contributed by atoms with van der Waals surface area (Å²) in [4.78, 5) is 40.5. The molecule has 8 nitrogen and oxygen atoms in total. The van der Waals surface area contributed by atoms with Gasteiger partial charge in [-0.3, -0.25) is 14.4 Å². The fraction of sp³-hybridized carbons (Fsp3) is 0.444. The highest BCUT2D eigenvalue weighted by Crippen LogP contribution is 2.30. The fourth-order valence-corrected chi connectivity index (χ4v) is 6.54. The van der Waals surface area contributed by atoms with E-state index in [0.29, 0.717) is 13.0 Å². The van der Waals surface area contributed by atoms with E-state index in [-0.39, 0.29) is 47.7 Å². The molecule has 0 spiro atoms. The van der Waals surface area contributed by atoms with E-state index < -0.39 is 22.0 Å². The number of nitrogens with one attached hydrogen (secondary N) is 1. The number of sulfonamides is 1. The molecule has 1 aliphatic heterocycles. The molecule has 4 rings (SSSR count). The molecule has 3 amide bonds. The average molecular weight is 512 g/mol. The van der Waals surface area contributed by atoms with E-state index in [4.69, 9.17) is 0 Å². The highest BCUT2D eigenvalue weighted by molar-refractivity contribution is 7.90. The topological polar surface area (TPSA) is 104 Å². The number of hydrogen-bond acceptors (Lipinski definition) is 5. The van der Waals surface area contributed by atoms with Crippen LogP contribution in [0.1, 0.15) is 61.4 Å². The third kappa shape index (κ3) is 5.61. The summed E-state index contributed by atoms with van der Waals surface area (Å²) in [6, 6.07) is 15.4. The van der Waals surface area contributed by atoms with Crippen LogP contribution in [-0.2, 0) is 26.0 Å². The fourth-order valence-electron chi connectivity index (χ4n) is 4.93. The number of amides is 3. The number of fused-ring (bicyclic) bond motifs is 1. The number of rotatable bonds is 10. The summed E-state index contributed by atoms with van der Waals surface area (Å²) >= 11 is 0. The predicted molar refractivity (Wildman–Crippen MR) is 136 cm³/mol. The van der Waals surface area contributed by atoms with Gasteiger partial charge in [-0.05, 0) is 50.3 Å². The quantitative estimate of drug-likeness (QED) is 0.528. The zero-order valence-corrected chi connectivity index (χ0v) is 21.4. The molecular formula is C27H33N3O5S. The summed E-state index contributed by atoms with van der Waals surface area (Å²) in [6.07, 6.45) is 4.91. The minimum atomic E-state index is -3.91. The van der Waals surface area contributed by atoms with Crippen LogP contribution in [0.15, 0.2) is 59.5 Å². The molecule has 0 bridgehead atoms. The lowest BCUT2D eigenvalue weighted by atomic mass is 10.1. The molecule has 36 heavy (non-hydrogen) atoms. The average Bonchev–Trinajstić information content (AvgIpc) is 3.45. The third-order valence-corrected chi connectivity index (χ3v) is 8.86. The second kappa shape index (κ2) is 11.2. The Hall–Kier alpha value is -3.20. The van der Waals surface area contributed by atoms with Crippen LogP contribution < -0.4 is 5.32 Å². The Kier molecular flexibility index (Phi) is 8.08. The number of carbonyl (C=O) groups excluding carboxylic acids is 3. The summed E-state index contributed by atoms with van der Waals surface area (Å²) in [5.74, 6) is -0.971. The van der Waals surface area contributed by atoms with Crippen LogP contribution >= 0.6 is 0 Å².